The number of benzene rings is 1. The van der Waals surface area contributed by atoms with Gasteiger partial charge in [-0.05, 0) is 32.0 Å². The highest BCUT2D eigenvalue weighted by Gasteiger charge is 2.33. The number of alkyl halides is 3. The molecule has 21 heavy (non-hydrogen) atoms. The first kappa shape index (κ1) is 15.8. The van der Waals surface area contributed by atoms with Crippen molar-refractivity contribution < 1.29 is 13.2 Å². The SMILES string of the molecule is CC(C)n1ncnc1CNc1ccc(Br)cc1C(F)(F)F. The average Bonchev–Trinajstić information content (AvgIpc) is 2.84. The molecule has 0 fully saturated rings. The lowest BCUT2D eigenvalue weighted by Crippen LogP contribution is -2.15. The number of nitrogens with zero attached hydrogens (tertiary/aromatic N) is 3. The Morgan fingerprint density at radius 1 is 1.33 bits per heavy atom. The standard InChI is InChI=1S/C13H14BrF3N4/c1-8(2)21-12(19-7-20-21)6-18-11-4-3-9(14)5-10(11)13(15,16)17/h3-5,7-8,18H,6H2,1-2H3. The molecule has 0 atom stereocenters. The maximum absolute atomic E-state index is 13.0. The van der Waals surface area contributed by atoms with E-state index in [-0.39, 0.29) is 18.3 Å². The van der Waals surface area contributed by atoms with Gasteiger partial charge in [0, 0.05) is 16.2 Å². The number of hydrogen-bond acceptors (Lipinski definition) is 3. The van der Waals surface area contributed by atoms with Crippen LogP contribution in [-0.4, -0.2) is 14.8 Å². The van der Waals surface area contributed by atoms with E-state index in [1.54, 1.807) is 10.7 Å². The minimum Gasteiger partial charge on any atom is -0.377 e. The van der Waals surface area contributed by atoms with E-state index >= 15 is 0 Å². The monoisotopic (exact) mass is 362 g/mol. The van der Waals surface area contributed by atoms with Crippen LogP contribution in [-0.2, 0) is 12.7 Å². The summed E-state index contributed by atoms with van der Waals surface area (Å²) in [4.78, 5) is 4.06. The van der Waals surface area contributed by atoms with Crippen LogP contribution in [0.5, 0.6) is 0 Å². The molecule has 1 N–H and O–H groups in total. The van der Waals surface area contributed by atoms with E-state index in [0.29, 0.717) is 10.3 Å². The lowest BCUT2D eigenvalue weighted by Gasteiger charge is -2.15. The molecule has 1 aromatic heterocycles. The van der Waals surface area contributed by atoms with Gasteiger partial charge in [-0.15, -0.1) is 0 Å². The molecule has 0 spiro atoms. The summed E-state index contributed by atoms with van der Waals surface area (Å²) in [5.41, 5.74) is -0.698. The Kier molecular flexibility index (Phi) is 4.55. The fourth-order valence-corrected chi connectivity index (χ4v) is 2.27. The van der Waals surface area contributed by atoms with Crippen molar-refractivity contribution in [1.82, 2.24) is 14.8 Å². The van der Waals surface area contributed by atoms with Gasteiger partial charge in [-0.2, -0.15) is 18.3 Å². The molecule has 0 bridgehead atoms. The van der Waals surface area contributed by atoms with Crippen LogP contribution in [0.1, 0.15) is 31.3 Å². The summed E-state index contributed by atoms with van der Waals surface area (Å²) >= 11 is 3.06. The summed E-state index contributed by atoms with van der Waals surface area (Å²) in [6.07, 6.45) is -3.03. The predicted octanol–water partition coefficient (Wildman–Crippen LogP) is 4.25. The average molecular weight is 363 g/mol. The molecule has 114 valence electrons. The molecular weight excluding hydrogens is 349 g/mol. The fourth-order valence-electron chi connectivity index (χ4n) is 1.91. The summed E-state index contributed by atoms with van der Waals surface area (Å²) in [6, 6.07) is 4.10. The van der Waals surface area contributed by atoms with Gasteiger partial charge in [0.1, 0.15) is 12.2 Å². The quantitative estimate of drug-likeness (QED) is 0.883. The van der Waals surface area contributed by atoms with Crippen molar-refractivity contribution in [1.29, 1.82) is 0 Å². The third-order valence-electron chi connectivity index (χ3n) is 2.86. The highest BCUT2D eigenvalue weighted by atomic mass is 79.9. The maximum Gasteiger partial charge on any atom is 0.418 e. The first-order valence-electron chi connectivity index (χ1n) is 6.28. The first-order valence-corrected chi connectivity index (χ1v) is 7.07. The number of hydrogen-bond donors (Lipinski definition) is 1. The lowest BCUT2D eigenvalue weighted by atomic mass is 10.1. The van der Waals surface area contributed by atoms with Crippen molar-refractivity contribution >= 4 is 21.6 Å². The molecule has 2 aromatic rings. The zero-order valence-electron chi connectivity index (χ0n) is 11.4. The third-order valence-corrected chi connectivity index (χ3v) is 3.35. The van der Waals surface area contributed by atoms with E-state index in [0.717, 1.165) is 6.07 Å². The molecule has 1 aromatic carbocycles. The van der Waals surface area contributed by atoms with Crippen LogP contribution in [0, 0.1) is 0 Å². The summed E-state index contributed by atoms with van der Waals surface area (Å²) in [5.74, 6) is 0.584. The van der Waals surface area contributed by atoms with Gasteiger partial charge in [0.25, 0.3) is 0 Å². The van der Waals surface area contributed by atoms with Gasteiger partial charge in [-0.3, -0.25) is 0 Å². The molecule has 4 nitrogen and oxygen atoms in total. The van der Waals surface area contributed by atoms with Crippen LogP contribution in [0.4, 0.5) is 18.9 Å². The van der Waals surface area contributed by atoms with Crippen molar-refractivity contribution in [3.05, 3.63) is 40.4 Å². The second kappa shape index (κ2) is 6.05. The minimum atomic E-state index is -4.42. The Balaban J connectivity index is 2.22. The molecule has 0 aliphatic heterocycles. The molecule has 2 rings (SSSR count). The summed E-state index contributed by atoms with van der Waals surface area (Å²) in [5, 5.41) is 6.83. The minimum absolute atomic E-state index is 0.0176. The predicted molar refractivity (Wildman–Crippen MR) is 76.9 cm³/mol. The molecule has 0 amide bonds. The van der Waals surface area contributed by atoms with Gasteiger partial charge >= 0.3 is 6.18 Å². The van der Waals surface area contributed by atoms with Crippen molar-refractivity contribution in [3.63, 3.8) is 0 Å². The molecule has 8 heteroatoms. The number of halogens is 4. The van der Waals surface area contributed by atoms with Crippen LogP contribution in [0.2, 0.25) is 0 Å². The highest BCUT2D eigenvalue weighted by Crippen LogP contribution is 2.36. The molecule has 0 saturated heterocycles. The zero-order chi connectivity index (χ0) is 15.6. The van der Waals surface area contributed by atoms with Gasteiger partial charge in [0.05, 0.1) is 12.1 Å². The topological polar surface area (TPSA) is 42.7 Å². The summed E-state index contributed by atoms with van der Waals surface area (Å²) < 4.78 is 41.1. The van der Waals surface area contributed by atoms with Crippen LogP contribution in [0.15, 0.2) is 29.0 Å². The van der Waals surface area contributed by atoms with Crippen molar-refractivity contribution in [2.45, 2.75) is 32.6 Å². The van der Waals surface area contributed by atoms with Gasteiger partial charge in [-0.1, -0.05) is 15.9 Å². The summed E-state index contributed by atoms with van der Waals surface area (Å²) in [7, 11) is 0. The van der Waals surface area contributed by atoms with E-state index < -0.39 is 11.7 Å². The first-order chi connectivity index (χ1) is 9.79. The molecule has 0 unspecified atom stereocenters. The molecule has 0 aliphatic rings. The largest absolute Gasteiger partial charge is 0.418 e. The Hall–Kier alpha value is -1.57. The highest BCUT2D eigenvalue weighted by molar-refractivity contribution is 9.10. The fraction of sp³-hybridized carbons (Fsp3) is 0.385. The normalized spacial score (nSPS) is 12.0. The van der Waals surface area contributed by atoms with E-state index in [4.69, 9.17) is 0 Å². The van der Waals surface area contributed by atoms with E-state index in [2.05, 4.69) is 31.3 Å². The number of anilines is 1. The van der Waals surface area contributed by atoms with E-state index in [9.17, 15) is 13.2 Å². The smallest absolute Gasteiger partial charge is 0.377 e. The molecule has 0 aliphatic carbocycles. The number of aromatic nitrogens is 3. The van der Waals surface area contributed by atoms with Gasteiger partial charge in [-0.25, -0.2) is 9.67 Å². The molecular formula is C13H14BrF3N4. The van der Waals surface area contributed by atoms with Crippen molar-refractivity contribution in [3.8, 4) is 0 Å². The van der Waals surface area contributed by atoms with E-state index in [1.807, 2.05) is 13.8 Å². The zero-order valence-corrected chi connectivity index (χ0v) is 13.0. The van der Waals surface area contributed by atoms with Crippen LogP contribution in [0.25, 0.3) is 0 Å². The van der Waals surface area contributed by atoms with Gasteiger partial charge in [0.15, 0.2) is 0 Å². The van der Waals surface area contributed by atoms with Crippen LogP contribution >= 0.6 is 15.9 Å². The number of rotatable bonds is 4. The molecule has 1 heterocycles. The summed E-state index contributed by atoms with van der Waals surface area (Å²) in [6.45, 7) is 4.03. The molecule has 0 radical (unpaired) electrons. The second-order valence-corrected chi connectivity index (χ2v) is 5.67. The Morgan fingerprint density at radius 3 is 2.67 bits per heavy atom. The van der Waals surface area contributed by atoms with E-state index in [1.165, 1.54) is 12.4 Å². The van der Waals surface area contributed by atoms with Gasteiger partial charge < -0.3 is 5.32 Å². The van der Waals surface area contributed by atoms with Crippen LogP contribution < -0.4 is 5.32 Å². The second-order valence-electron chi connectivity index (χ2n) is 4.76. The van der Waals surface area contributed by atoms with Crippen molar-refractivity contribution in [2.24, 2.45) is 0 Å². The van der Waals surface area contributed by atoms with Gasteiger partial charge in [0.2, 0.25) is 0 Å². The number of nitrogens with one attached hydrogen (secondary N) is 1. The Labute approximate surface area is 128 Å². The lowest BCUT2D eigenvalue weighted by molar-refractivity contribution is -0.137. The molecule has 0 saturated carbocycles. The van der Waals surface area contributed by atoms with Crippen molar-refractivity contribution in [2.75, 3.05) is 5.32 Å². The Bertz CT molecular complexity index is 622. The maximum atomic E-state index is 13.0. The third kappa shape index (κ3) is 3.75. The van der Waals surface area contributed by atoms with Crippen LogP contribution in [0.3, 0.4) is 0 Å². The Morgan fingerprint density at radius 2 is 2.05 bits per heavy atom.